The Kier molecular flexibility index (Phi) is 12.5. The van der Waals surface area contributed by atoms with Gasteiger partial charge in [-0.1, -0.05) is 231 Å². The van der Waals surface area contributed by atoms with Gasteiger partial charge in [0.1, 0.15) is 11.2 Å². The summed E-state index contributed by atoms with van der Waals surface area (Å²) < 4.78 is 9.14. The molecule has 0 aliphatic heterocycles. The number of rotatable bonds is 11. The molecule has 86 heavy (non-hydrogen) atoms. The topological polar surface area (TPSA) is 56.7 Å². The Labute approximate surface area is 498 Å². The van der Waals surface area contributed by atoms with E-state index in [9.17, 15) is 0 Å². The first kappa shape index (κ1) is 50.2. The number of para-hydroxylation sites is 2. The van der Waals surface area contributed by atoms with Crippen LogP contribution in [0.2, 0.25) is 0 Å². The standard InChI is InChI=1S/C81H52N4O/c1-6-22-53(23-7-1)62-45-63(54-24-8-2-9-25-54)48-66(47-62)58-32-20-33-61(44-58)80-82-79(57-30-14-5-15-31-57)83-81(84-80)70-36-21-39-77-78(70)72-52-60(41-43-76(72)86-77)59-40-42-75-71(51-59)69-35-17-19-38-74(69)85(75)73-37-18-16-34-68(73)67-49-64(55-26-10-3-11-27-55)46-65(50-67)56-28-12-4-13-29-56/h1-52H. The molecule has 0 saturated heterocycles. The fraction of sp³-hybridized carbons (Fsp3) is 0. The number of benzene rings is 13. The molecule has 3 aromatic heterocycles. The molecule has 0 spiro atoms. The van der Waals surface area contributed by atoms with Crippen LogP contribution in [0.25, 0.3) is 161 Å². The van der Waals surface area contributed by atoms with Gasteiger partial charge in [0.2, 0.25) is 0 Å². The number of hydrogen-bond acceptors (Lipinski definition) is 4. The van der Waals surface area contributed by atoms with E-state index >= 15 is 0 Å². The van der Waals surface area contributed by atoms with E-state index in [1.807, 2.05) is 30.3 Å². The summed E-state index contributed by atoms with van der Waals surface area (Å²) in [4.78, 5) is 15.9. The predicted molar refractivity (Wildman–Crippen MR) is 356 cm³/mol. The molecular weight excluding hydrogens is 1040 g/mol. The molecular formula is C81H52N4O. The van der Waals surface area contributed by atoms with Gasteiger partial charge in [0, 0.05) is 43.8 Å². The van der Waals surface area contributed by atoms with Crippen LogP contribution in [0.3, 0.4) is 0 Å². The summed E-state index contributed by atoms with van der Waals surface area (Å²) in [5.74, 6) is 1.73. The molecule has 0 radical (unpaired) electrons. The largest absolute Gasteiger partial charge is 0.456 e. The van der Waals surface area contributed by atoms with Crippen molar-refractivity contribution >= 4 is 43.7 Å². The fourth-order valence-corrected chi connectivity index (χ4v) is 12.5. The van der Waals surface area contributed by atoms with E-state index in [2.05, 4.69) is 290 Å². The second-order valence-electron chi connectivity index (χ2n) is 21.9. The van der Waals surface area contributed by atoms with Crippen molar-refractivity contribution in [2.75, 3.05) is 0 Å². The zero-order valence-electron chi connectivity index (χ0n) is 46.7. The molecule has 402 valence electrons. The average Bonchev–Trinajstić information content (AvgIpc) is 2.05. The van der Waals surface area contributed by atoms with Gasteiger partial charge >= 0.3 is 0 Å². The second kappa shape index (κ2) is 21.3. The fourth-order valence-electron chi connectivity index (χ4n) is 12.5. The molecule has 0 amide bonds. The molecule has 3 heterocycles. The SMILES string of the molecule is c1ccc(-c2cc(-c3ccccc3)cc(-c3cccc(-c4nc(-c5ccccc5)nc(-c5cccc6oc7ccc(-c8ccc9c(c8)c8ccccc8n9-c8ccccc8-c8cc(-c9ccccc9)cc(-c9ccccc9)c8)cc7c56)n4)c3)c2)cc1. The van der Waals surface area contributed by atoms with Gasteiger partial charge in [0.05, 0.1) is 16.7 Å². The minimum absolute atomic E-state index is 0.563. The minimum atomic E-state index is 0.563. The van der Waals surface area contributed by atoms with Crippen LogP contribution in [-0.2, 0) is 0 Å². The van der Waals surface area contributed by atoms with Gasteiger partial charge in [-0.15, -0.1) is 0 Å². The van der Waals surface area contributed by atoms with Crippen molar-refractivity contribution in [3.8, 4) is 118 Å². The molecule has 0 aliphatic carbocycles. The summed E-state index contributed by atoms with van der Waals surface area (Å²) in [6.45, 7) is 0. The Morgan fingerprint density at radius 2 is 0.628 bits per heavy atom. The number of hydrogen-bond donors (Lipinski definition) is 0. The number of nitrogens with zero attached hydrogens (tertiary/aromatic N) is 4. The van der Waals surface area contributed by atoms with Crippen LogP contribution in [0.4, 0.5) is 0 Å². The highest BCUT2D eigenvalue weighted by molar-refractivity contribution is 6.14. The maximum Gasteiger partial charge on any atom is 0.164 e. The van der Waals surface area contributed by atoms with E-state index in [0.717, 1.165) is 111 Å². The summed E-state index contributed by atoms with van der Waals surface area (Å²) in [5.41, 5.74) is 23.6. The molecule has 0 fully saturated rings. The molecule has 13 aromatic carbocycles. The summed E-state index contributed by atoms with van der Waals surface area (Å²) in [6.07, 6.45) is 0. The van der Waals surface area contributed by atoms with Crippen LogP contribution in [0.5, 0.6) is 0 Å². The zero-order chi connectivity index (χ0) is 56.9. The smallest absolute Gasteiger partial charge is 0.164 e. The van der Waals surface area contributed by atoms with Gasteiger partial charge in [-0.05, 0) is 157 Å². The normalized spacial score (nSPS) is 11.5. The van der Waals surface area contributed by atoms with Gasteiger partial charge in [0.15, 0.2) is 17.5 Å². The van der Waals surface area contributed by atoms with Crippen LogP contribution in [0, 0.1) is 0 Å². The molecule has 0 saturated carbocycles. The monoisotopic (exact) mass is 1100 g/mol. The minimum Gasteiger partial charge on any atom is -0.456 e. The van der Waals surface area contributed by atoms with Crippen LogP contribution >= 0.6 is 0 Å². The second-order valence-corrected chi connectivity index (χ2v) is 21.9. The van der Waals surface area contributed by atoms with Crippen molar-refractivity contribution in [1.82, 2.24) is 19.5 Å². The first-order valence-corrected chi connectivity index (χ1v) is 29.1. The maximum atomic E-state index is 6.70. The Hall–Kier alpha value is -11.5. The summed E-state index contributed by atoms with van der Waals surface area (Å²) >= 11 is 0. The van der Waals surface area contributed by atoms with Crippen LogP contribution in [0.1, 0.15) is 0 Å². The highest BCUT2D eigenvalue weighted by atomic mass is 16.3. The lowest BCUT2D eigenvalue weighted by molar-refractivity contribution is 0.669. The van der Waals surface area contributed by atoms with Crippen molar-refractivity contribution < 1.29 is 4.42 Å². The molecule has 0 atom stereocenters. The first-order valence-electron chi connectivity index (χ1n) is 29.1. The van der Waals surface area contributed by atoms with E-state index in [-0.39, 0.29) is 0 Å². The Morgan fingerprint density at radius 3 is 1.24 bits per heavy atom. The lowest BCUT2D eigenvalue weighted by Gasteiger charge is -2.16. The lowest BCUT2D eigenvalue weighted by Crippen LogP contribution is -2.00. The van der Waals surface area contributed by atoms with Crippen molar-refractivity contribution in [1.29, 1.82) is 0 Å². The van der Waals surface area contributed by atoms with E-state index < -0.39 is 0 Å². The maximum absolute atomic E-state index is 6.70. The van der Waals surface area contributed by atoms with Gasteiger partial charge in [0.25, 0.3) is 0 Å². The highest BCUT2D eigenvalue weighted by Gasteiger charge is 2.22. The molecule has 16 rings (SSSR count). The summed E-state index contributed by atoms with van der Waals surface area (Å²) in [5, 5.41) is 4.28. The van der Waals surface area contributed by atoms with Crippen molar-refractivity contribution in [2.45, 2.75) is 0 Å². The third-order valence-electron chi connectivity index (χ3n) is 16.6. The van der Waals surface area contributed by atoms with E-state index in [0.29, 0.717) is 17.5 Å². The van der Waals surface area contributed by atoms with Crippen molar-refractivity contribution in [3.63, 3.8) is 0 Å². The van der Waals surface area contributed by atoms with Gasteiger partial charge in [-0.2, -0.15) is 0 Å². The summed E-state index contributed by atoms with van der Waals surface area (Å²) in [6, 6.07) is 112. The molecule has 5 heteroatoms. The molecule has 0 aliphatic rings. The molecule has 16 aromatic rings. The van der Waals surface area contributed by atoms with Crippen LogP contribution in [0.15, 0.2) is 320 Å². The average molecular weight is 1100 g/mol. The Morgan fingerprint density at radius 1 is 0.221 bits per heavy atom. The van der Waals surface area contributed by atoms with Crippen molar-refractivity contribution in [3.05, 3.63) is 315 Å². The third kappa shape index (κ3) is 9.21. The quantitative estimate of drug-likeness (QED) is 0.130. The van der Waals surface area contributed by atoms with Crippen molar-refractivity contribution in [2.24, 2.45) is 0 Å². The zero-order valence-corrected chi connectivity index (χ0v) is 46.7. The highest BCUT2D eigenvalue weighted by Crippen LogP contribution is 2.43. The van der Waals surface area contributed by atoms with Gasteiger partial charge in [-0.3, -0.25) is 0 Å². The van der Waals surface area contributed by atoms with Crippen LogP contribution in [-0.4, -0.2) is 19.5 Å². The van der Waals surface area contributed by atoms with E-state index in [4.69, 9.17) is 19.4 Å². The van der Waals surface area contributed by atoms with E-state index in [1.54, 1.807) is 0 Å². The Balaban J connectivity index is 0.809. The number of aromatic nitrogens is 4. The number of furan rings is 1. The van der Waals surface area contributed by atoms with Gasteiger partial charge < -0.3 is 8.98 Å². The molecule has 0 N–H and O–H groups in total. The van der Waals surface area contributed by atoms with E-state index in [1.165, 1.54) is 33.0 Å². The summed E-state index contributed by atoms with van der Waals surface area (Å²) in [7, 11) is 0. The lowest BCUT2D eigenvalue weighted by atomic mass is 9.92. The molecule has 0 unspecified atom stereocenters. The van der Waals surface area contributed by atoms with Crippen LogP contribution < -0.4 is 0 Å². The number of fused-ring (bicyclic) bond motifs is 6. The molecule has 0 bridgehead atoms. The third-order valence-corrected chi connectivity index (χ3v) is 16.6. The Bertz CT molecular complexity index is 5090. The molecule has 5 nitrogen and oxygen atoms in total. The first-order chi connectivity index (χ1) is 42.6. The van der Waals surface area contributed by atoms with Gasteiger partial charge in [-0.25, -0.2) is 15.0 Å². The predicted octanol–water partition coefficient (Wildman–Crippen LogP) is 21.5.